The maximum atomic E-state index is 10.2. The summed E-state index contributed by atoms with van der Waals surface area (Å²) >= 11 is 0. The van der Waals surface area contributed by atoms with Crippen molar-refractivity contribution >= 4 is 18.1 Å². The quantitative estimate of drug-likeness (QED) is 0.476. The highest BCUT2D eigenvalue weighted by Crippen LogP contribution is 2.13. The fraction of sp³-hybridized carbons (Fsp3) is 0.400. The van der Waals surface area contributed by atoms with Crippen molar-refractivity contribution in [2.45, 2.75) is 6.92 Å². The highest BCUT2D eigenvalue weighted by Gasteiger charge is 2.12. The summed E-state index contributed by atoms with van der Waals surface area (Å²) in [6.45, 7) is 1.61. The van der Waals surface area contributed by atoms with Gasteiger partial charge in [-0.2, -0.15) is 5.10 Å². The summed E-state index contributed by atoms with van der Waals surface area (Å²) < 4.78 is 1.42. The lowest BCUT2D eigenvalue weighted by atomic mass is 10.4. The van der Waals surface area contributed by atoms with Crippen LogP contribution in [0.5, 0.6) is 0 Å². The minimum Gasteiger partial charge on any atom is -0.268 e. The molecule has 0 aliphatic heterocycles. The number of aryl methyl sites for hydroxylation is 2. The molecule has 0 unspecified atom stereocenters. The molecule has 0 saturated carbocycles. The Bertz CT molecular complexity index is 271. The number of halogens is 1. The molecule has 11 heavy (non-hydrogen) atoms. The molecule has 5 nitrogen and oxygen atoms in total. The Morgan fingerprint density at radius 1 is 1.73 bits per heavy atom. The van der Waals surface area contributed by atoms with Gasteiger partial charge in [0, 0.05) is 7.05 Å². The molecule has 0 amide bonds. The normalized spacial score (nSPS) is 8.91. The number of nitro groups is 1. The number of hydrogen-bond acceptors (Lipinski definition) is 3. The van der Waals surface area contributed by atoms with Crippen LogP contribution in [-0.4, -0.2) is 14.7 Å². The summed E-state index contributed by atoms with van der Waals surface area (Å²) in [6.07, 6.45) is 1.38. The first-order valence-electron chi connectivity index (χ1n) is 2.76. The number of aromatic nitrogens is 2. The maximum Gasteiger partial charge on any atom is 0.309 e. The van der Waals surface area contributed by atoms with Gasteiger partial charge in [0.15, 0.2) is 0 Å². The molecule has 0 atom stereocenters. The van der Waals surface area contributed by atoms with E-state index < -0.39 is 4.92 Å². The second kappa shape index (κ2) is 3.34. The van der Waals surface area contributed by atoms with Gasteiger partial charge in [0.25, 0.3) is 0 Å². The molecule has 0 spiro atoms. The van der Waals surface area contributed by atoms with Gasteiger partial charge in [0.05, 0.1) is 4.92 Å². The Balaban J connectivity index is 0.000001000. The first-order valence-corrected chi connectivity index (χ1v) is 2.76. The van der Waals surface area contributed by atoms with Crippen molar-refractivity contribution in [1.29, 1.82) is 0 Å². The number of hydrogen-bond donors (Lipinski definition) is 0. The van der Waals surface area contributed by atoms with Crippen LogP contribution in [-0.2, 0) is 7.05 Å². The van der Waals surface area contributed by atoms with E-state index in [1.165, 1.54) is 10.9 Å². The van der Waals surface area contributed by atoms with Crippen LogP contribution < -0.4 is 0 Å². The lowest BCUT2D eigenvalue weighted by Crippen LogP contribution is -1.86. The fourth-order valence-corrected chi connectivity index (χ4v) is 0.766. The summed E-state index contributed by atoms with van der Waals surface area (Å²) in [4.78, 5) is 9.75. The van der Waals surface area contributed by atoms with Crippen molar-refractivity contribution in [2.24, 2.45) is 7.05 Å². The Morgan fingerprint density at radius 2 is 2.27 bits per heavy atom. The molecule has 1 aromatic rings. The number of nitrogens with zero attached hydrogens (tertiary/aromatic N) is 3. The van der Waals surface area contributed by atoms with E-state index in [0.717, 1.165) is 0 Å². The van der Waals surface area contributed by atoms with Gasteiger partial charge >= 0.3 is 5.69 Å². The van der Waals surface area contributed by atoms with Crippen molar-refractivity contribution < 1.29 is 4.92 Å². The van der Waals surface area contributed by atoms with Crippen molar-refractivity contribution in [3.63, 3.8) is 0 Å². The van der Waals surface area contributed by atoms with E-state index in [0.29, 0.717) is 5.69 Å². The van der Waals surface area contributed by atoms with Gasteiger partial charge < -0.3 is 0 Å². The fourth-order valence-electron chi connectivity index (χ4n) is 0.766. The SMILES string of the molecule is Cc1nn(C)cc1[N+](=O)[O-].Cl. The molecular formula is C5H8ClN3O2. The Morgan fingerprint density at radius 3 is 2.45 bits per heavy atom. The first-order chi connectivity index (χ1) is 4.61. The molecule has 1 rings (SSSR count). The maximum absolute atomic E-state index is 10.2. The van der Waals surface area contributed by atoms with E-state index in [1.807, 2.05) is 0 Å². The Labute approximate surface area is 69.6 Å². The first kappa shape index (κ1) is 9.90. The summed E-state index contributed by atoms with van der Waals surface area (Å²) in [5, 5.41) is 14.0. The number of rotatable bonds is 1. The molecule has 0 fully saturated rings. The third-order valence-corrected chi connectivity index (χ3v) is 1.18. The van der Waals surface area contributed by atoms with Gasteiger partial charge in [-0.15, -0.1) is 12.4 Å². The Hall–Kier alpha value is -1.10. The van der Waals surface area contributed by atoms with Crippen LogP contribution >= 0.6 is 12.4 Å². The van der Waals surface area contributed by atoms with Gasteiger partial charge in [0.1, 0.15) is 11.9 Å². The van der Waals surface area contributed by atoms with Gasteiger partial charge in [-0.1, -0.05) is 0 Å². The second-order valence-electron chi connectivity index (χ2n) is 2.03. The van der Waals surface area contributed by atoms with Crippen molar-refractivity contribution in [2.75, 3.05) is 0 Å². The minimum atomic E-state index is -0.442. The van der Waals surface area contributed by atoms with Crippen molar-refractivity contribution in [3.05, 3.63) is 22.0 Å². The summed E-state index contributed by atoms with van der Waals surface area (Å²) in [6, 6.07) is 0. The highest BCUT2D eigenvalue weighted by atomic mass is 35.5. The molecule has 0 bridgehead atoms. The molecule has 6 heteroatoms. The Kier molecular flexibility index (Phi) is 3.00. The zero-order chi connectivity index (χ0) is 7.72. The lowest BCUT2D eigenvalue weighted by molar-refractivity contribution is -0.385. The van der Waals surface area contributed by atoms with E-state index in [9.17, 15) is 10.1 Å². The minimum absolute atomic E-state index is 0. The molecule has 1 heterocycles. The molecule has 0 N–H and O–H groups in total. The standard InChI is InChI=1S/C5H7N3O2.ClH/c1-4-5(8(9)10)3-7(2)6-4;/h3H,1-2H3;1H. The third-order valence-electron chi connectivity index (χ3n) is 1.18. The predicted molar refractivity (Wildman–Crippen MR) is 41.8 cm³/mol. The predicted octanol–water partition coefficient (Wildman–Crippen LogP) is 1.06. The van der Waals surface area contributed by atoms with Crippen molar-refractivity contribution in [1.82, 2.24) is 9.78 Å². The molecule has 0 radical (unpaired) electrons. The van der Waals surface area contributed by atoms with Crippen molar-refractivity contribution in [3.8, 4) is 0 Å². The summed E-state index contributed by atoms with van der Waals surface area (Å²) in [5.41, 5.74) is 0.523. The van der Waals surface area contributed by atoms with Gasteiger partial charge in [0.2, 0.25) is 0 Å². The highest BCUT2D eigenvalue weighted by molar-refractivity contribution is 5.85. The van der Waals surface area contributed by atoms with Crippen LogP contribution in [0.2, 0.25) is 0 Å². The molecule has 1 aromatic heterocycles. The molecule has 0 aromatic carbocycles. The van der Waals surface area contributed by atoms with Gasteiger partial charge in [-0.05, 0) is 6.92 Å². The van der Waals surface area contributed by atoms with Crippen LogP contribution in [0.3, 0.4) is 0 Å². The smallest absolute Gasteiger partial charge is 0.268 e. The topological polar surface area (TPSA) is 61.0 Å². The summed E-state index contributed by atoms with van der Waals surface area (Å²) in [7, 11) is 1.65. The molecule has 0 saturated heterocycles. The molecule has 0 aliphatic rings. The van der Waals surface area contributed by atoms with Crippen LogP contribution in [0.1, 0.15) is 5.69 Å². The van der Waals surface area contributed by atoms with E-state index in [1.54, 1.807) is 14.0 Å². The third kappa shape index (κ3) is 1.91. The zero-order valence-corrected chi connectivity index (χ0v) is 6.96. The second-order valence-corrected chi connectivity index (χ2v) is 2.03. The molecule has 0 aliphatic carbocycles. The van der Waals surface area contributed by atoms with Gasteiger partial charge in [-0.3, -0.25) is 14.8 Å². The van der Waals surface area contributed by atoms with Crippen LogP contribution in [0.25, 0.3) is 0 Å². The van der Waals surface area contributed by atoms with Gasteiger partial charge in [-0.25, -0.2) is 0 Å². The van der Waals surface area contributed by atoms with E-state index in [-0.39, 0.29) is 18.1 Å². The zero-order valence-electron chi connectivity index (χ0n) is 6.14. The van der Waals surface area contributed by atoms with E-state index in [4.69, 9.17) is 0 Å². The van der Waals surface area contributed by atoms with Crippen LogP contribution in [0.4, 0.5) is 5.69 Å². The molecular weight excluding hydrogens is 170 g/mol. The largest absolute Gasteiger partial charge is 0.309 e. The van der Waals surface area contributed by atoms with Crippen LogP contribution in [0.15, 0.2) is 6.20 Å². The summed E-state index contributed by atoms with van der Waals surface area (Å²) in [5.74, 6) is 0. The van der Waals surface area contributed by atoms with Crippen LogP contribution in [0, 0.1) is 17.0 Å². The van der Waals surface area contributed by atoms with E-state index >= 15 is 0 Å². The average molecular weight is 178 g/mol. The average Bonchev–Trinajstić information content (AvgIpc) is 2.10. The van der Waals surface area contributed by atoms with E-state index in [2.05, 4.69) is 5.10 Å². The molecule has 62 valence electrons. The monoisotopic (exact) mass is 177 g/mol. The lowest BCUT2D eigenvalue weighted by Gasteiger charge is -1.81.